The summed E-state index contributed by atoms with van der Waals surface area (Å²) in [5.74, 6) is -1.27. The molecule has 0 aliphatic carbocycles. The molecule has 1 amide bonds. The van der Waals surface area contributed by atoms with Crippen molar-refractivity contribution in [2.75, 3.05) is 6.61 Å². The van der Waals surface area contributed by atoms with E-state index in [1.807, 2.05) is 12.3 Å². The molecule has 0 saturated heterocycles. The SMILES string of the molecule is Cc1nc(CC(=O)N/N=C\c2ccccc2OCC(=O)[O-])cs1. The number of benzene rings is 1. The zero-order valence-electron chi connectivity index (χ0n) is 12.3. The van der Waals surface area contributed by atoms with Crippen LogP contribution in [0.2, 0.25) is 0 Å². The first kappa shape index (κ1) is 16.6. The number of aromatic nitrogens is 1. The Morgan fingerprint density at radius 3 is 2.91 bits per heavy atom. The highest BCUT2D eigenvalue weighted by Gasteiger charge is 2.05. The van der Waals surface area contributed by atoms with Crippen molar-refractivity contribution in [3.05, 3.63) is 45.9 Å². The van der Waals surface area contributed by atoms with Crippen LogP contribution in [0.4, 0.5) is 0 Å². The zero-order valence-corrected chi connectivity index (χ0v) is 13.1. The number of nitrogens with one attached hydrogen (secondary N) is 1. The maximum Gasteiger partial charge on any atom is 0.246 e. The lowest BCUT2D eigenvalue weighted by molar-refractivity contribution is -0.307. The molecule has 1 heterocycles. The van der Waals surface area contributed by atoms with Crippen LogP contribution in [-0.2, 0) is 16.0 Å². The summed E-state index contributed by atoms with van der Waals surface area (Å²) >= 11 is 1.48. The van der Waals surface area contributed by atoms with Crippen LogP contribution in [0.5, 0.6) is 5.75 Å². The van der Waals surface area contributed by atoms with E-state index in [4.69, 9.17) is 4.74 Å². The van der Waals surface area contributed by atoms with E-state index in [0.717, 1.165) is 5.01 Å². The Morgan fingerprint density at radius 2 is 2.22 bits per heavy atom. The third kappa shape index (κ3) is 5.51. The van der Waals surface area contributed by atoms with Crippen LogP contribution in [0.1, 0.15) is 16.3 Å². The Balaban J connectivity index is 1.92. The van der Waals surface area contributed by atoms with Gasteiger partial charge >= 0.3 is 0 Å². The Kier molecular flexibility index (Phi) is 5.81. The van der Waals surface area contributed by atoms with Gasteiger partial charge in [-0.1, -0.05) is 12.1 Å². The van der Waals surface area contributed by atoms with Crippen LogP contribution in [0.3, 0.4) is 0 Å². The average molecular weight is 332 g/mol. The van der Waals surface area contributed by atoms with E-state index in [0.29, 0.717) is 17.0 Å². The minimum atomic E-state index is -1.32. The number of carbonyl (C=O) groups excluding carboxylic acids is 2. The van der Waals surface area contributed by atoms with Crippen LogP contribution in [-0.4, -0.2) is 29.7 Å². The fourth-order valence-corrected chi connectivity index (χ4v) is 2.34. The summed E-state index contributed by atoms with van der Waals surface area (Å²) in [5, 5.41) is 17.0. The number of hydrogen-bond donors (Lipinski definition) is 1. The molecule has 1 aromatic carbocycles. The summed E-state index contributed by atoms with van der Waals surface area (Å²) < 4.78 is 5.08. The largest absolute Gasteiger partial charge is 0.546 e. The molecule has 1 aromatic heterocycles. The summed E-state index contributed by atoms with van der Waals surface area (Å²) in [6, 6.07) is 6.73. The normalized spacial score (nSPS) is 10.7. The van der Waals surface area contributed by atoms with E-state index < -0.39 is 12.6 Å². The van der Waals surface area contributed by atoms with Crippen molar-refractivity contribution in [1.82, 2.24) is 10.4 Å². The van der Waals surface area contributed by atoms with Crippen molar-refractivity contribution in [2.45, 2.75) is 13.3 Å². The van der Waals surface area contributed by atoms with Crippen molar-refractivity contribution in [3.8, 4) is 5.75 Å². The molecule has 1 N–H and O–H groups in total. The predicted octanol–water partition coefficient (Wildman–Crippen LogP) is 0.273. The number of carboxylic acids is 1. The number of amides is 1. The molecule has 0 radical (unpaired) electrons. The van der Waals surface area contributed by atoms with Crippen molar-refractivity contribution >= 4 is 29.4 Å². The molecule has 8 heteroatoms. The molecule has 0 saturated carbocycles. The van der Waals surface area contributed by atoms with E-state index in [2.05, 4.69) is 15.5 Å². The monoisotopic (exact) mass is 332 g/mol. The summed E-state index contributed by atoms with van der Waals surface area (Å²) in [6.45, 7) is 1.31. The molecular weight excluding hydrogens is 318 g/mol. The van der Waals surface area contributed by atoms with E-state index >= 15 is 0 Å². The number of rotatable bonds is 7. The summed E-state index contributed by atoms with van der Waals surface area (Å²) in [4.78, 5) is 26.4. The fourth-order valence-electron chi connectivity index (χ4n) is 1.72. The maximum atomic E-state index is 11.7. The van der Waals surface area contributed by atoms with Crippen molar-refractivity contribution in [1.29, 1.82) is 0 Å². The highest BCUT2D eigenvalue weighted by atomic mass is 32.1. The van der Waals surface area contributed by atoms with Crippen LogP contribution < -0.4 is 15.3 Å². The molecule has 0 bridgehead atoms. The smallest absolute Gasteiger partial charge is 0.246 e. The van der Waals surface area contributed by atoms with Gasteiger partial charge < -0.3 is 14.6 Å². The molecule has 2 rings (SSSR count). The van der Waals surface area contributed by atoms with E-state index in [1.165, 1.54) is 17.6 Å². The Morgan fingerprint density at radius 1 is 1.43 bits per heavy atom. The molecule has 0 spiro atoms. The lowest BCUT2D eigenvalue weighted by Gasteiger charge is -2.08. The molecule has 120 valence electrons. The Hall–Kier alpha value is -2.74. The van der Waals surface area contributed by atoms with Gasteiger partial charge in [-0.3, -0.25) is 4.79 Å². The number of carboxylic acid groups (broad SMARTS) is 1. The number of hydrogen-bond acceptors (Lipinski definition) is 7. The number of aliphatic carboxylic acids is 1. The first-order valence-electron chi connectivity index (χ1n) is 6.69. The molecular formula is C15H14N3O4S-. The van der Waals surface area contributed by atoms with E-state index in [-0.39, 0.29) is 12.3 Å². The number of carbonyl (C=O) groups is 2. The Labute approximate surface area is 136 Å². The molecule has 7 nitrogen and oxygen atoms in total. The third-order valence-electron chi connectivity index (χ3n) is 2.67. The van der Waals surface area contributed by atoms with Gasteiger partial charge in [-0.25, -0.2) is 10.4 Å². The minimum Gasteiger partial charge on any atom is -0.546 e. The van der Waals surface area contributed by atoms with Gasteiger partial charge in [0.25, 0.3) is 0 Å². The van der Waals surface area contributed by atoms with E-state index in [1.54, 1.807) is 24.3 Å². The third-order valence-corrected chi connectivity index (χ3v) is 3.49. The number of nitrogens with zero attached hydrogens (tertiary/aromatic N) is 2. The molecule has 2 aromatic rings. The molecule has 23 heavy (non-hydrogen) atoms. The summed E-state index contributed by atoms with van der Waals surface area (Å²) in [6.07, 6.45) is 1.53. The topological polar surface area (TPSA) is 104 Å². The molecule has 0 aliphatic heterocycles. The van der Waals surface area contributed by atoms with Gasteiger partial charge in [-0.05, 0) is 19.1 Å². The quantitative estimate of drug-likeness (QED) is 0.579. The Bertz CT molecular complexity index is 727. The van der Waals surface area contributed by atoms with Gasteiger partial charge in [0.05, 0.1) is 29.3 Å². The molecule has 0 fully saturated rings. The van der Waals surface area contributed by atoms with Gasteiger partial charge in [-0.2, -0.15) is 5.10 Å². The number of hydrazone groups is 1. The predicted molar refractivity (Wildman–Crippen MR) is 83.2 cm³/mol. The van der Waals surface area contributed by atoms with Gasteiger partial charge in [0.15, 0.2) is 0 Å². The summed E-state index contributed by atoms with van der Waals surface area (Å²) in [5.41, 5.74) is 3.62. The van der Waals surface area contributed by atoms with Crippen LogP contribution in [0, 0.1) is 6.92 Å². The highest BCUT2D eigenvalue weighted by molar-refractivity contribution is 7.09. The maximum absolute atomic E-state index is 11.7. The lowest BCUT2D eigenvalue weighted by atomic mass is 10.2. The van der Waals surface area contributed by atoms with Crippen LogP contribution in [0.15, 0.2) is 34.7 Å². The zero-order chi connectivity index (χ0) is 16.7. The van der Waals surface area contributed by atoms with E-state index in [9.17, 15) is 14.7 Å². The van der Waals surface area contributed by atoms with Crippen molar-refractivity contribution in [2.24, 2.45) is 5.10 Å². The van der Waals surface area contributed by atoms with Crippen molar-refractivity contribution in [3.63, 3.8) is 0 Å². The van der Waals surface area contributed by atoms with Gasteiger partial charge in [0.2, 0.25) is 5.91 Å². The average Bonchev–Trinajstić information content (AvgIpc) is 2.91. The number of aryl methyl sites for hydroxylation is 1. The fraction of sp³-hybridized carbons (Fsp3) is 0.200. The van der Waals surface area contributed by atoms with Crippen LogP contribution >= 0.6 is 11.3 Å². The van der Waals surface area contributed by atoms with Gasteiger partial charge in [0, 0.05) is 10.9 Å². The standard InChI is InChI=1S/C15H15N3O4S/c1-10-17-12(9-23-10)6-14(19)18-16-7-11-4-2-3-5-13(11)22-8-15(20)21/h2-5,7,9H,6,8H2,1H3,(H,18,19)(H,20,21)/p-1/b16-7-. The first-order chi connectivity index (χ1) is 11.0. The molecule has 0 unspecified atom stereocenters. The first-order valence-corrected chi connectivity index (χ1v) is 7.57. The van der Waals surface area contributed by atoms with Crippen molar-refractivity contribution < 1.29 is 19.4 Å². The highest BCUT2D eigenvalue weighted by Crippen LogP contribution is 2.15. The molecule has 0 atom stereocenters. The molecule has 0 aliphatic rings. The van der Waals surface area contributed by atoms with Crippen LogP contribution in [0.25, 0.3) is 0 Å². The number of ether oxygens (including phenoxy) is 1. The summed E-state index contributed by atoms with van der Waals surface area (Å²) in [7, 11) is 0. The lowest BCUT2D eigenvalue weighted by Crippen LogP contribution is -2.29. The second kappa shape index (κ2) is 8.04. The minimum absolute atomic E-state index is 0.143. The second-order valence-electron chi connectivity index (χ2n) is 4.53. The number of thiazole rings is 1. The van der Waals surface area contributed by atoms with Gasteiger partial charge in [-0.15, -0.1) is 11.3 Å². The second-order valence-corrected chi connectivity index (χ2v) is 5.59. The van der Waals surface area contributed by atoms with Gasteiger partial charge in [0.1, 0.15) is 12.4 Å². The number of para-hydroxylation sites is 1.